The number of terminal acetylenes is 1. The molecule has 0 saturated carbocycles. The molecule has 0 bridgehead atoms. The van der Waals surface area contributed by atoms with E-state index in [0.29, 0.717) is 5.75 Å². The maximum Gasteiger partial charge on any atom is 0.161 e. The molecular weight excluding hydrogens is 256 g/mol. The number of aromatic hydroxyl groups is 1. The van der Waals surface area contributed by atoms with E-state index in [2.05, 4.69) is 21.9 Å². The van der Waals surface area contributed by atoms with Crippen molar-refractivity contribution in [2.45, 2.75) is 19.3 Å². The van der Waals surface area contributed by atoms with Gasteiger partial charge in [-0.1, -0.05) is 21.9 Å². The molecule has 0 aliphatic heterocycles. The summed E-state index contributed by atoms with van der Waals surface area (Å²) in [6.07, 6.45) is 5.44. The van der Waals surface area contributed by atoms with Gasteiger partial charge in [0.1, 0.15) is 0 Å². The summed E-state index contributed by atoms with van der Waals surface area (Å²) in [4.78, 5) is 0. The summed E-state index contributed by atoms with van der Waals surface area (Å²) in [5, 5.41) is 9.66. The predicted molar refractivity (Wildman–Crippen MR) is 64.2 cm³/mol. The summed E-state index contributed by atoms with van der Waals surface area (Å²) in [5.74, 6) is 3.21. The van der Waals surface area contributed by atoms with Gasteiger partial charge in [0.25, 0.3) is 0 Å². The molecule has 0 radical (unpaired) electrons. The van der Waals surface area contributed by atoms with Crippen LogP contribution in [0.3, 0.4) is 0 Å². The van der Waals surface area contributed by atoms with Crippen LogP contribution in [0.5, 0.6) is 11.5 Å². The van der Waals surface area contributed by atoms with Crippen molar-refractivity contribution in [2.24, 2.45) is 0 Å². The Hall–Kier alpha value is -1.14. The van der Waals surface area contributed by atoms with Gasteiger partial charge in [-0.2, -0.15) is 0 Å². The molecule has 0 aliphatic carbocycles. The highest BCUT2D eigenvalue weighted by Gasteiger charge is 2.22. The monoisotopic (exact) mass is 268 g/mol. The van der Waals surface area contributed by atoms with E-state index in [1.54, 1.807) is 12.1 Å². The van der Waals surface area contributed by atoms with Crippen LogP contribution in [0.15, 0.2) is 16.6 Å². The highest BCUT2D eigenvalue weighted by atomic mass is 79.9. The Labute approximate surface area is 98.4 Å². The summed E-state index contributed by atoms with van der Waals surface area (Å²) in [7, 11) is 1.51. The molecule has 1 rings (SSSR count). The minimum Gasteiger partial charge on any atom is -0.504 e. The molecule has 80 valence electrons. The maximum absolute atomic E-state index is 9.66. The Morgan fingerprint density at radius 1 is 1.47 bits per heavy atom. The summed E-state index contributed by atoms with van der Waals surface area (Å²) in [6, 6.07) is 3.34. The van der Waals surface area contributed by atoms with Crippen molar-refractivity contribution in [3.05, 3.63) is 22.2 Å². The number of ether oxygens (including phenoxy) is 1. The van der Waals surface area contributed by atoms with Gasteiger partial charge in [0.2, 0.25) is 0 Å². The van der Waals surface area contributed by atoms with Gasteiger partial charge in [0, 0.05) is 4.47 Å². The number of benzene rings is 1. The fourth-order valence-electron chi connectivity index (χ4n) is 1.26. The molecule has 0 fully saturated rings. The molecule has 3 heteroatoms. The van der Waals surface area contributed by atoms with Gasteiger partial charge >= 0.3 is 0 Å². The lowest BCUT2D eigenvalue weighted by molar-refractivity contribution is 0.372. The minimum absolute atomic E-state index is 0.0963. The first-order valence-electron chi connectivity index (χ1n) is 4.47. The lowest BCUT2D eigenvalue weighted by Gasteiger charge is -2.20. The number of halogens is 1. The maximum atomic E-state index is 9.66. The van der Waals surface area contributed by atoms with Gasteiger partial charge in [0.15, 0.2) is 11.5 Å². The number of hydrogen-bond acceptors (Lipinski definition) is 2. The third kappa shape index (κ3) is 2.27. The summed E-state index contributed by atoms with van der Waals surface area (Å²) in [6.45, 7) is 3.83. The zero-order valence-electron chi connectivity index (χ0n) is 8.97. The summed E-state index contributed by atoms with van der Waals surface area (Å²) in [5.41, 5.74) is 0.436. The standard InChI is InChI=1S/C12H13BrO2/c1-5-12(2,3)8-6-10(14)11(15-4)7-9(8)13/h1,6-7,14H,2-4H3. The molecule has 0 atom stereocenters. The third-order valence-corrected chi connectivity index (χ3v) is 2.96. The van der Waals surface area contributed by atoms with Crippen LogP contribution in [0, 0.1) is 12.3 Å². The van der Waals surface area contributed by atoms with Crippen molar-refractivity contribution in [2.75, 3.05) is 7.11 Å². The van der Waals surface area contributed by atoms with Crippen molar-refractivity contribution >= 4 is 15.9 Å². The van der Waals surface area contributed by atoms with Gasteiger partial charge in [0.05, 0.1) is 12.5 Å². The highest BCUT2D eigenvalue weighted by Crippen LogP contribution is 2.37. The molecule has 0 saturated heterocycles. The van der Waals surface area contributed by atoms with E-state index in [9.17, 15) is 5.11 Å². The molecule has 1 aromatic carbocycles. The van der Waals surface area contributed by atoms with Gasteiger partial charge in [-0.15, -0.1) is 6.42 Å². The topological polar surface area (TPSA) is 29.5 Å². The Bertz CT molecular complexity index is 416. The second-order valence-corrected chi connectivity index (χ2v) is 4.63. The van der Waals surface area contributed by atoms with E-state index in [1.165, 1.54) is 7.11 Å². The first kappa shape index (κ1) is 11.9. The summed E-state index contributed by atoms with van der Waals surface area (Å²) < 4.78 is 5.83. The molecule has 0 amide bonds. The van der Waals surface area contributed by atoms with Crippen LogP contribution >= 0.6 is 15.9 Å². The zero-order chi connectivity index (χ0) is 11.6. The van der Waals surface area contributed by atoms with Gasteiger partial charge < -0.3 is 9.84 Å². The smallest absolute Gasteiger partial charge is 0.161 e. The van der Waals surface area contributed by atoms with E-state index in [4.69, 9.17) is 11.2 Å². The quantitative estimate of drug-likeness (QED) is 0.836. The number of rotatable bonds is 2. The Kier molecular flexibility index (Phi) is 3.31. The van der Waals surface area contributed by atoms with Crippen LogP contribution in [0.25, 0.3) is 0 Å². The Morgan fingerprint density at radius 2 is 2.07 bits per heavy atom. The van der Waals surface area contributed by atoms with Crippen LogP contribution in [0.1, 0.15) is 19.4 Å². The van der Waals surface area contributed by atoms with E-state index in [0.717, 1.165) is 10.0 Å². The zero-order valence-corrected chi connectivity index (χ0v) is 10.6. The SMILES string of the molecule is C#CC(C)(C)c1cc(O)c(OC)cc1Br. The molecule has 0 aromatic heterocycles. The second kappa shape index (κ2) is 4.16. The van der Waals surface area contributed by atoms with Crippen molar-refractivity contribution in [3.63, 3.8) is 0 Å². The molecule has 0 unspecified atom stereocenters. The first-order chi connectivity index (χ1) is 6.92. The predicted octanol–water partition coefficient (Wildman–Crippen LogP) is 3.07. The van der Waals surface area contributed by atoms with Crippen LogP contribution < -0.4 is 4.74 Å². The van der Waals surface area contributed by atoms with Crippen LogP contribution in [0.2, 0.25) is 0 Å². The van der Waals surface area contributed by atoms with Gasteiger partial charge in [-0.3, -0.25) is 0 Å². The molecule has 1 aromatic rings. The van der Waals surface area contributed by atoms with E-state index in [1.807, 2.05) is 13.8 Å². The second-order valence-electron chi connectivity index (χ2n) is 3.77. The average Bonchev–Trinajstić information content (AvgIpc) is 2.20. The molecule has 1 N–H and O–H groups in total. The lowest BCUT2D eigenvalue weighted by Crippen LogP contribution is -2.14. The minimum atomic E-state index is -0.428. The van der Waals surface area contributed by atoms with Gasteiger partial charge in [-0.25, -0.2) is 0 Å². The fraction of sp³-hybridized carbons (Fsp3) is 0.333. The van der Waals surface area contributed by atoms with Crippen molar-refractivity contribution in [1.82, 2.24) is 0 Å². The number of phenolic OH excluding ortho intramolecular Hbond substituents is 1. The summed E-state index contributed by atoms with van der Waals surface area (Å²) >= 11 is 3.41. The molecule has 0 spiro atoms. The van der Waals surface area contributed by atoms with Crippen molar-refractivity contribution in [3.8, 4) is 23.8 Å². The van der Waals surface area contributed by atoms with Crippen molar-refractivity contribution in [1.29, 1.82) is 0 Å². The number of hydrogen-bond donors (Lipinski definition) is 1. The normalized spacial score (nSPS) is 10.9. The van der Waals surface area contributed by atoms with Crippen molar-refractivity contribution < 1.29 is 9.84 Å². The Morgan fingerprint density at radius 3 is 2.53 bits per heavy atom. The van der Waals surface area contributed by atoms with Gasteiger partial charge in [-0.05, 0) is 31.5 Å². The molecular formula is C12H13BrO2. The largest absolute Gasteiger partial charge is 0.504 e. The van der Waals surface area contributed by atoms with Crippen LogP contribution in [-0.2, 0) is 5.41 Å². The van der Waals surface area contributed by atoms with Crippen LogP contribution in [-0.4, -0.2) is 12.2 Å². The fourth-order valence-corrected chi connectivity index (χ4v) is 2.08. The average molecular weight is 269 g/mol. The lowest BCUT2D eigenvalue weighted by atomic mass is 9.85. The first-order valence-corrected chi connectivity index (χ1v) is 5.26. The molecule has 2 nitrogen and oxygen atoms in total. The molecule has 0 aliphatic rings. The number of phenols is 1. The molecule has 15 heavy (non-hydrogen) atoms. The van der Waals surface area contributed by atoms with E-state index < -0.39 is 5.41 Å². The Balaban J connectivity index is 3.36. The highest BCUT2D eigenvalue weighted by molar-refractivity contribution is 9.10. The van der Waals surface area contributed by atoms with E-state index in [-0.39, 0.29) is 5.75 Å². The molecule has 0 heterocycles. The third-order valence-electron chi connectivity index (χ3n) is 2.30. The van der Waals surface area contributed by atoms with Crippen LogP contribution in [0.4, 0.5) is 0 Å². The number of methoxy groups -OCH3 is 1. The van der Waals surface area contributed by atoms with E-state index >= 15 is 0 Å².